The van der Waals surface area contributed by atoms with Crippen molar-refractivity contribution in [3.05, 3.63) is 0 Å². The maximum atomic E-state index is 12.8. The van der Waals surface area contributed by atoms with E-state index < -0.39 is 0 Å². The number of nitrogens with one attached hydrogen (secondary N) is 1. The van der Waals surface area contributed by atoms with Gasteiger partial charge < -0.3 is 19.7 Å². The Kier molecular flexibility index (Phi) is 7.59. The van der Waals surface area contributed by atoms with Crippen molar-refractivity contribution >= 4 is 18.3 Å². The topological polar surface area (TPSA) is 50.8 Å². The molecule has 6 heteroatoms. The highest BCUT2D eigenvalue weighted by Gasteiger charge is 2.53. The van der Waals surface area contributed by atoms with E-state index in [1.165, 1.54) is 0 Å². The number of morpholine rings is 1. The second-order valence-electron chi connectivity index (χ2n) is 6.61. The highest BCUT2D eigenvalue weighted by molar-refractivity contribution is 5.85. The number of carbonyl (C=O) groups is 1. The normalized spacial score (nSPS) is 30.1. The highest BCUT2D eigenvalue weighted by atomic mass is 35.5. The van der Waals surface area contributed by atoms with Crippen molar-refractivity contribution in [2.45, 2.75) is 58.8 Å². The molecule has 1 saturated carbocycles. The maximum Gasteiger partial charge on any atom is 0.253 e. The van der Waals surface area contributed by atoms with Gasteiger partial charge in [-0.25, -0.2) is 0 Å². The largest absolute Gasteiger partial charge is 0.378 e. The molecule has 5 nitrogen and oxygen atoms in total. The van der Waals surface area contributed by atoms with Gasteiger partial charge in [-0.05, 0) is 19.8 Å². The Morgan fingerprint density at radius 1 is 1.41 bits per heavy atom. The molecule has 3 atom stereocenters. The molecule has 1 aliphatic carbocycles. The molecule has 0 aromatic carbocycles. The first-order valence-corrected chi connectivity index (χ1v) is 8.26. The summed E-state index contributed by atoms with van der Waals surface area (Å²) in [7, 11) is 0. The zero-order valence-electron chi connectivity index (χ0n) is 14.3. The summed E-state index contributed by atoms with van der Waals surface area (Å²) in [6.07, 6.45) is 1.84. The van der Waals surface area contributed by atoms with Gasteiger partial charge >= 0.3 is 0 Å². The van der Waals surface area contributed by atoms with Crippen LogP contribution in [0.3, 0.4) is 0 Å². The van der Waals surface area contributed by atoms with E-state index >= 15 is 0 Å². The van der Waals surface area contributed by atoms with E-state index in [9.17, 15) is 4.79 Å². The standard InChI is InChI=1S/C16H30N2O3.ClH/c1-5-8-18(15(19)12-11-17-7-9-21-12)13-10-14(20-6-2)16(13,3)4;/h12-14,17H,5-11H2,1-4H3;1H. The highest BCUT2D eigenvalue weighted by Crippen LogP contribution is 2.46. The molecule has 3 unspecified atom stereocenters. The Bertz CT molecular complexity index is 359. The van der Waals surface area contributed by atoms with Gasteiger partial charge in [-0.1, -0.05) is 20.8 Å². The molecule has 0 aromatic rings. The molecule has 1 N–H and O–H groups in total. The molecule has 2 aliphatic rings. The average molecular weight is 335 g/mol. The minimum absolute atomic E-state index is 0. The predicted octanol–water partition coefficient (Wildman–Crippen LogP) is 1.84. The van der Waals surface area contributed by atoms with Crippen molar-refractivity contribution in [1.82, 2.24) is 10.2 Å². The van der Waals surface area contributed by atoms with Crippen LogP contribution in [0.4, 0.5) is 0 Å². The molecule has 0 bridgehead atoms. The summed E-state index contributed by atoms with van der Waals surface area (Å²) in [5.74, 6) is 0.136. The zero-order valence-corrected chi connectivity index (χ0v) is 15.1. The van der Waals surface area contributed by atoms with Gasteiger partial charge in [0.1, 0.15) is 6.10 Å². The summed E-state index contributed by atoms with van der Waals surface area (Å²) in [5, 5.41) is 3.24. The lowest BCUT2D eigenvalue weighted by molar-refractivity contribution is -0.176. The molecule has 2 fully saturated rings. The Morgan fingerprint density at radius 2 is 2.14 bits per heavy atom. The SMILES string of the molecule is CCCN(C(=O)C1CNCCO1)C1CC(OCC)C1(C)C.Cl. The number of ether oxygens (including phenoxy) is 2. The number of carbonyl (C=O) groups excluding carboxylic acids is 1. The van der Waals surface area contributed by atoms with Crippen molar-refractivity contribution in [3.63, 3.8) is 0 Å². The van der Waals surface area contributed by atoms with Gasteiger partial charge in [-0.15, -0.1) is 12.4 Å². The summed E-state index contributed by atoms with van der Waals surface area (Å²) in [5.41, 5.74) is 0.0168. The van der Waals surface area contributed by atoms with Crippen molar-refractivity contribution in [1.29, 1.82) is 0 Å². The minimum atomic E-state index is -0.327. The van der Waals surface area contributed by atoms with E-state index in [0.29, 0.717) is 13.2 Å². The first-order chi connectivity index (χ1) is 10.0. The van der Waals surface area contributed by atoms with Crippen molar-refractivity contribution in [2.75, 3.05) is 32.8 Å². The van der Waals surface area contributed by atoms with Crippen LogP contribution in [0, 0.1) is 5.41 Å². The third-order valence-electron chi connectivity index (χ3n) is 4.82. The van der Waals surface area contributed by atoms with E-state index in [1.54, 1.807) is 0 Å². The molecule has 1 amide bonds. The van der Waals surface area contributed by atoms with E-state index in [0.717, 1.165) is 32.5 Å². The second-order valence-corrected chi connectivity index (χ2v) is 6.61. The van der Waals surface area contributed by atoms with E-state index in [1.807, 2.05) is 11.8 Å². The van der Waals surface area contributed by atoms with E-state index in [2.05, 4.69) is 26.1 Å². The van der Waals surface area contributed by atoms with Crippen molar-refractivity contribution < 1.29 is 14.3 Å². The van der Waals surface area contributed by atoms with Gasteiger partial charge in [-0.2, -0.15) is 0 Å². The van der Waals surface area contributed by atoms with Crippen LogP contribution in [0.1, 0.15) is 40.5 Å². The third kappa shape index (κ3) is 3.94. The number of amides is 1. The number of nitrogens with zero attached hydrogens (tertiary/aromatic N) is 1. The average Bonchev–Trinajstić information content (AvgIpc) is 2.49. The Balaban J connectivity index is 0.00000242. The van der Waals surface area contributed by atoms with Crippen LogP contribution in [-0.4, -0.2) is 61.9 Å². The Hall–Kier alpha value is -0.360. The minimum Gasteiger partial charge on any atom is -0.378 e. The maximum absolute atomic E-state index is 12.8. The van der Waals surface area contributed by atoms with Gasteiger partial charge in [0, 0.05) is 37.7 Å². The van der Waals surface area contributed by atoms with Gasteiger partial charge in [0.25, 0.3) is 5.91 Å². The lowest BCUT2D eigenvalue weighted by Crippen LogP contribution is -2.65. The van der Waals surface area contributed by atoms with Crippen LogP contribution in [0.2, 0.25) is 0 Å². The summed E-state index contributed by atoms with van der Waals surface area (Å²) < 4.78 is 11.4. The number of hydrogen-bond donors (Lipinski definition) is 1. The molecule has 2 rings (SSSR count). The lowest BCUT2D eigenvalue weighted by Gasteiger charge is -2.56. The summed E-state index contributed by atoms with van der Waals surface area (Å²) in [6.45, 7) is 12.2. The van der Waals surface area contributed by atoms with Crippen molar-refractivity contribution in [2.24, 2.45) is 5.41 Å². The molecule has 0 aromatic heterocycles. The first kappa shape index (κ1) is 19.7. The van der Waals surface area contributed by atoms with Crippen LogP contribution in [0.15, 0.2) is 0 Å². The fourth-order valence-electron chi connectivity index (χ4n) is 3.45. The fourth-order valence-corrected chi connectivity index (χ4v) is 3.45. The first-order valence-electron chi connectivity index (χ1n) is 8.26. The third-order valence-corrected chi connectivity index (χ3v) is 4.82. The Labute approximate surface area is 140 Å². The molecular weight excluding hydrogens is 304 g/mol. The predicted molar refractivity (Wildman–Crippen MR) is 89.5 cm³/mol. The smallest absolute Gasteiger partial charge is 0.253 e. The van der Waals surface area contributed by atoms with Crippen LogP contribution in [0.25, 0.3) is 0 Å². The fraction of sp³-hybridized carbons (Fsp3) is 0.938. The molecule has 1 aliphatic heterocycles. The number of halogens is 1. The van der Waals surface area contributed by atoms with Crippen LogP contribution >= 0.6 is 12.4 Å². The van der Waals surface area contributed by atoms with Gasteiger partial charge in [0.15, 0.2) is 0 Å². The van der Waals surface area contributed by atoms with E-state index in [4.69, 9.17) is 9.47 Å². The summed E-state index contributed by atoms with van der Waals surface area (Å²) in [6, 6.07) is 0.257. The molecule has 22 heavy (non-hydrogen) atoms. The van der Waals surface area contributed by atoms with Crippen LogP contribution in [-0.2, 0) is 14.3 Å². The number of hydrogen-bond acceptors (Lipinski definition) is 4. The van der Waals surface area contributed by atoms with Gasteiger partial charge in [0.05, 0.1) is 12.7 Å². The van der Waals surface area contributed by atoms with Gasteiger partial charge in [-0.3, -0.25) is 4.79 Å². The second kappa shape index (κ2) is 8.48. The zero-order chi connectivity index (χ0) is 15.5. The summed E-state index contributed by atoms with van der Waals surface area (Å²) in [4.78, 5) is 14.8. The van der Waals surface area contributed by atoms with Gasteiger partial charge in [0.2, 0.25) is 0 Å². The molecule has 130 valence electrons. The monoisotopic (exact) mass is 334 g/mol. The molecule has 0 spiro atoms. The molecular formula is C16H31ClN2O3. The van der Waals surface area contributed by atoms with Crippen LogP contribution in [0.5, 0.6) is 0 Å². The van der Waals surface area contributed by atoms with Crippen LogP contribution < -0.4 is 5.32 Å². The van der Waals surface area contributed by atoms with E-state index in [-0.39, 0.29) is 42.0 Å². The number of rotatable bonds is 6. The summed E-state index contributed by atoms with van der Waals surface area (Å²) >= 11 is 0. The molecule has 0 radical (unpaired) electrons. The lowest BCUT2D eigenvalue weighted by atomic mass is 9.63. The quantitative estimate of drug-likeness (QED) is 0.805. The van der Waals surface area contributed by atoms with Crippen molar-refractivity contribution in [3.8, 4) is 0 Å². The molecule has 1 saturated heterocycles. The molecule has 1 heterocycles. The Morgan fingerprint density at radius 3 is 2.64 bits per heavy atom.